The number of benzene rings is 1. The summed E-state index contributed by atoms with van der Waals surface area (Å²) >= 11 is 6.26. The molecule has 0 radical (unpaired) electrons. The number of carbonyl (C=O) groups excluding carboxylic acids is 2. The Morgan fingerprint density at radius 3 is 2.52 bits per heavy atom. The van der Waals surface area contributed by atoms with Crippen LogP contribution >= 0.6 is 11.6 Å². The second-order valence-corrected chi connectivity index (χ2v) is 7.18. The van der Waals surface area contributed by atoms with Gasteiger partial charge in [-0.05, 0) is 44.5 Å². The largest absolute Gasteiger partial charge is 0.344 e. The number of aromatic nitrogens is 2. The molecule has 1 aromatic carbocycles. The third-order valence-electron chi connectivity index (χ3n) is 4.62. The molecule has 1 unspecified atom stereocenters. The number of halogens is 1. The van der Waals surface area contributed by atoms with Crippen LogP contribution in [0.25, 0.3) is 0 Å². The summed E-state index contributed by atoms with van der Waals surface area (Å²) < 4.78 is 0. The number of nitrogens with zero attached hydrogens (tertiary/aromatic N) is 4. The molecule has 3 rings (SSSR count). The van der Waals surface area contributed by atoms with E-state index in [0.717, 1.165) is 11.4 Å². The third kappa shape index (κ3) is 4.03. The number of nitrogens with one attached hydrogen (secondary N) is 1. The van der Waals surface area contributed by atoms with Crippen molar-refractivity contribution in [3.63, 3.8) is 0 Å². The van der Waals surface area contributed by atoms with Crippen LogP contribution in [0.2, 0.25) is 5.02 Å². The van der Waals surface area contributed by atoms with Crippen LogP contribution in [0.15, 0.2) is 24.3 Å². The predicted molar refractivity (Wildman–Crippen MR) is 104 cm³/mol. The molecule has 7 nitrogen and oxygen atoms in total. The Balaban J connectivity index is 1.84. The summed E-state index contributed by atoms with van der Waals surface area (Å²) in [4.78, 5) is 36.9. The number of likely N-dealkylation sites (tertiary alicyclic amines) is 1. The molecule has 8 heteroatoms. The lowest BCUT2D eigenvalue weighted by atomic mass is 10.1. The maximum Gasteiger partial charge on any atom is 0.255 e. The molecule has 1 N–H and O–H groups in total. The van der Waals surface area contributed by atoms with Crippen molar-refractivity contribution in [3.05, 3.63) is 46.2 Å². The van der Waals surface area contributed by atoms with E-state index in [1.807, 2.05) is 19.9 Å². The number of likely N-dealkylation sites (N-methyl/N-ethyl adjacent to an activating group) is 2. The van der Waals surface area contributed by atoms with Crippen molar-refractivity contribution in [2.45, 2.75) is 26.3 Å². The minimum absolute atomic E-state index is 0.0557. The number of hydrogen-bond donors (Lipinski definition) is 1. The molecule has 1 saturated heterocycles. The highest BCUT2D eigenvalue weighted by Gasteiger charge is 2.35. The molecule has 2 aromatic rings. The first-order valence-electron chi connectivity index (χ1n) is 8.67. The quantitative estimate of drug-likeness (QED) is 0.872. The SMILES string of the molecule is Cc1cc(C)nc(Nc2ccc(Cl)c(C(=O)N(C)C3CCN(C)C3=O)c2)n1. The van der Waals surface area contributed by atoms with E-state index in [9.17, 15) is 9.59 Å². The Morgan fingerprint density at radius 1 is 1.26 bits per heavy atom. The van der Waals surface area contributed by atoms with Crippen LogP contribution in [-0.4, -0.2) is 58.3 Å². The van der Waals surface area contributed by atoms with E-state index < -0.39 is 6.04 Å². The highest BCUT2D eigenvalue weighted by Crippen LogP contribution is 2.25. The number of aryl methyl sites for hydroxylation is 2. The smallest absolute Gasteiger partial charge is 0.255 e. The van der Waals surface area contributed by atoms with Gasteiger partial charge >= 0.3 is 0 Å². The summed E-state index contributed by atoms with van der Waals surface area (Å²) in [6.45, 7) is 4.42. The van der Waals surface area contributed by atoms with E-state index in [4.69, 9.17) is 11.6 Å². The molecule has 0 spiro atoms. The molecule has 2 amide bonds. The first-order chi connectivity index (χ1) is 12.8. The summed E-state index contributed by atoms with van der Waals surface area (Å²) in [7, 11) is 3.37. The number of hydrogen-bond acceptors (Lipinski definition) is 5. The molecule has 1 aliphatic heterocycles. The molecule has 1 aliphatic rings. The summed E-state index contributed by atoms with van der Waals surface area (Å²) in [5, 5.41) is 3.44. The Bertz CT molecular complexity index is 881. The highest BCUT2D eigenvalue weighted by atomic mass is 35.5. The van der Waals surface area contributed by atoms with E-state index in [0.29, 0.717) is 35.2 Å². The molecule has 1 aromatic heterocycles. The molecule has 1 fully saturated rings. The van der Waals surface area contributed by atoms with Crippen molar-refractivity contribution >= 4 is 35.1 Å². The molecule has 1 atom stereocenters. The second kappa shape index (κ2) is 7.52. The number of carbonyl (C=O) groups is 2. The normalized spacial score (nSPS) is 16.6. The fraction of sp³-hybridized carbons (Fsp3) is 0.368. The van der Waals surface area contributed by atoms with E-state index in [1.165, 1.54) is 4.90 Å². The number of rotatable bonds is 4. The van der Waals surface area contributed by atoms with Crippen LogP contribution in [0.3, 0.4) is 0 Å². The number of amides is 2. The Hall–Kier alpha value is -2.67. The van der Waals surface area contributed by atoms with Gasteiger partial charge in [-0.3, -0.25) is 9.59 Å². The van der Waals surface area contributed by atoms with Crippen molar-refractivity contribution in [2.75, 3.05) is 26.0 Å². The van der Waals surface area contributed by atoms with Crippen molar-refractivity contribution < 1.29 is 9.59 Å². The third-order valence-corrected chi connectivity index (χ3v) is 4.95. The van der Waals surface area contributed by atoms with Gasteiger partial charge in [-0.25, -0.2) is 9.97 Å². The van der Waals surface area contributed by atoms with E-state index in [2.05, 4.69) is 15.3 Å². The van der Waals surface area contributed by atoms with Crippen LogP contribution < -0.4 is 5.32 Å². The molecule has 0 bridgehead atoms. The maximum absolute atomic E-state index is 12.9. The van der Waals surface area contributed by atoms with Gasteiger partial charge in [0.05, 0.1) is 10.6 Å². The van der Waals surface area contributed by atoms with Crippen LogP contribution in [0, 0.1) is 13.8 Å². The van der Waals surface area contributed by atoms with Crippen molar-refractivity contribution in [1.82, 2.24) is 19.8 Å². The van der Waals surface area contributed by atoms with Gasteiger partial charge in [0.25, 0.3) is 5.91 Å². The lowest BCUT2D eigenvalue weighted by Crippen LogP contribution is -2.42. The predicted octanol–water partition coefficient (Wildman–Crippen LogP) is 2.79. The standard InChI is InChI=1S/C19H22ClN5O2/c1-11-9-12(2)22-19(21-11)23-13-5-6-15(20)14(10-13)17(26)25(4)16-7-8-24(3)18(16)27/h5-6,9-10,16H,7-8H2,1-4H3,(H,21,22,23). The second-order valence-electron chi connectivity index (χ2n) is 6.77. The fourth-order valence-corrected chi connectivity index (χ4v) is 3.37. The van der Waals surface area contributed by atoms with Crippen molar-refractivity contribution in [1.29, 1.82) is 0 Å². The molecular formula is C19H22ClN5O2. The fourth-order valence-electron chi connectivity index (χ4n) is 3.17. The lowest BCUT2D eigenvalue weighted by molar-refractivity contribution is -0.130. The molecular weight excluding hydrogens is 366 g/mol. The Kier molecular flexibility index (Phi) is 5.32. The molecule has 0 aliphatic carbocycles. The van der Waals surface area contributed by atoms with Crippen LogP contribution in [0.1, 0.15) is 28.2 Å². The minimum Gasteiger partial charge on any atom is -0.344 e. The van der Waals surface area contributed by atoms with E-state index in [-0.39, 0.29) is 11.8 Å². The van der Waals surface area contributed by atoms with Gasteiger partial charge < -0.3 is 15.1 Å². The van der Waals surface area contributed by atoms with Crippen LogP contribution in [0.5, 0.6) is 0 Å². The maximum atomic E-state index is 12.9. The summed E-state index contributed by atoms with van der Waals surface area (Å²) in [5.41, 5.74) is 2.67. The van der Waals surface area contributed by atoms with Crippen LogP contribution in [-0.2, 0) is 4.79 Å². The van der Waals surface area contributed by atoms with Gasteiger partial charge in [0.15, 0.2) is 0 Å². The number of anilines is 2. The summed E-state index contributed by atoms with van der Waals surface area (Å²) in [6, 6.07) is 6.49. The van der Waals surface area contributed by atoms with Gasteiger partial charge in [0.1, 0.15) is 6.04 Å². The summed E-state index contributed by atoms with van der Waals surface area (Å²) in [5.74, 6) is 0.104. The lowest BCUT2D eigenvalue weighted by Gasteiger charge is -2.24. The molecule has 27 heavy (non-hydrogen) atoms. The first kappa shape index (κ1) is 19.1. The van der Waals surface area contributed by atoms with Gasteiger partial charge in [-0.1, -0.05) is 11.6 Å². The Morgan fingerprint density at radius 2 is 1.93 bits per heavy atom. The van der Waals surface area contributed by atoms with Crippen LogP contribution in [0.4, 0.5) is 11.6 Å². The molecule has 142 valence electrons. The average molecular weight is 388 g/mol. The van der Waals surface area contributed by atoms with Crippen molar-refractivity contribution in [2.24, 2.45) is 0 Å². The molecule has 2 heterocycles. The molecule has 0 saturated carbocycles. The van der Waals surface area contributed by atoms with E-state index >= 15 is 0 Å². The highest BCUT2D eigenvalue weighted by molar-refractivity contribution is 6.34. The van der Waals surface area contributed by atoms with Gasteiger partial charge in [-0.15, -0.1) is 0 Å². The van der Waals surface area contributed by atoms with Crippen molar-refractivity contribution in [3.8, 4) is 0 Å². The first-order valence-corrected chi connectivity index (χ1v) is 9.05. The monoisotopic (exact) mass is 387 g/mol. The van der Waals surface area contributed by atoms with E-state index in [1.54, 1.807) is 37.2 Å². The zero-order valence-electron chi connectivity index (χ0n) is 15.8. The average Bonchev–Trinajstić information content (AvgIpc) is 2.93. The van der Waals surface area contributed by atoms with Gasteiger partial charge in [0, 0.05) is 37.7 Å². The Labute approximate surface area is 163 Å². The minimum atomic E-state index is -0.460. The summed E-state index contributed by atoms with van der Waals surface area (Å²) in [6.07, 6.45) is 0.615. The van der Waals surface area contributed by atoms with Gasteiger partial charge in [0.2, 0.25) is 11.9 Å². The van der Waals surface area contributed by atoms with Gasteiger partial charge in [-0.2, -0.15) is 0 Å². The topological polar surface area (TPSA) is 78.4 Å². The zero-order chi connectivity index (χ0) is 19.7. The zero-order valence-corrected chi connectivity index (χ0v) is 16.5.